The van der Waals surface area contributed by atoms with Crippen LogP contribution in [0.5, 0.6) is 0 Å². The van der Waals surface area contributed by atoms with Gasteiger partial charge in [0.2, 0.25) is 0 Å². The summed E-state index contributed by atoms with van der Waals surface area (Å²) in [5.74, 6) is -0.218. The number of benzene rings is 2. The van der Waals surface area contributed by atoms with E-state index < -0.39 is 0 Å². The molecule has 2 aromatic rings. The molecule has 0 bridgehead atoms. The normalized spacial score (nSPS) is 14.6. The Morgan fingerprint density at radius 1 is 1.17 bits per heavy atom. The monoisotopic (exact) mass is 415 g/mol. The zero-order valence-corrected chi connectivity index (χ0v) is 18.1. The second-order valence-electron chi connectivity index (χ2n) is 7.61. The molecule has 0 atom stereocenters. The highest BCUT2D eigenvalue weighted by atomic mass is 32.1. The minimum absolute atomic E-state index is 0.218. The summed E-state index contributed by atoms with van der Waals surface area (Å²) in [6.07, 6.45) is 0.990. The molecule has 2 aromatic carbocycles. The number of anilines is 1. The third kappa shape index (κ3) is 6.77. The van der Waals surface area contributed by atoms with E-state index in [1.165, 1.54) is 11.6 Å². The zero-order valence-electron chi connectivity index (χ0n) is 17.3. The van der Waals surface area contributed by atoms with Crippen molar-refractivity contribution in [3.8, 4) is 0 Å². The molecule has 0 spiro atoms. The van der Waals surface area contributed by atoms with E-state index in [-0.39, 0.29) is 5.82 Å². The number of nitrogens with one attached hydrogen (secondary N) is 1. The zero-order chi connectivity index (χ0) is 20.6. The van der Waals surface area contributed by atoms with Gasteiger partial charge in [-0.15, -0.1) is 0 Å². The molecule has 0 saturated carbocycles. The average Bonchev–Trinajstić information content (AvgIpc) is 2.70. The number of ether oxygens (including phenoxy) is 1. The summed E-state index contributed by atoms with van der Waals surface area (Å²) in [6, 6.07) is 13.0. The number of morpholine rings is 1. The Balaban J connectivity index is 1.65. The topological polar surface area (TPSA) is 27.7 Å². The van der Waals surface area contributed by atoms with Crippen LogP contribution in [0.3, 0.4) is 0 Å². The molecule has 1 aliphatic rings. The highest BCUT2D eigenvalue weighted by molar-refractivity contribution is 7.80. The lowest BCUT2D eigenvalue weighted by molar-refractivity contribution is 0.0368. The molecule has 156 valence electrons. The molecule has 0 aliphatic carbocycles. The number of hydrogen-bond donors (Lipinski definition) is 1. The van der Waals surface area contributed by atoms with Gasteiger partial charge < -0.3 is 15.0 Å². The molecule has 0 amide bonds. The largest absolute Gasteiger partial charge is 0.379 e. The van der Waals surface area contributed by atoms with E-state index in [1.54, 1.807) is 12.1 Å². The second kappa shape index (κ2) is 10.7. The van der Waals surface area contributed by atoms with Gasteiger partial charge in [-0.1, -0.05) is 29.8 Å². The van der Waals surface area contributed by atoms with Crippen LogP contribution in [-0.4, -0.2) is 54.3 Å². The lowest BCUT2D eigenvalue weighted by atomic mass is 10.1. The summed E-state index contributed by atoms with van der Waals surface area (Å²) < 4.78 is 19.1. The first-order valence-electron chi connectivity index (χ1n) is 10.2. The van der Waals surface area contributed by atoms with Crippen LogP contribution < -0.4 is 5.32 Å². The van der Waals surface area contributed by atoms with Crippen LogP contribution >= 0.6 is 12.2 Å². The fourth-order valence-corrected chi connectivity index (χ4v) is 3.83. The lowest BCUT2D eigenvalue weighted by Gasteiger charge is -2.30. The molecule has 1 saturated heterocycles. The van der Waals surface area contributed by atoms with Gasteiger partial charge in [0.25, 0.3) is 0 Å². The Morgan fingerprint density at radius 3 is 2.69 bits per heavy atom. The summed E-state index contributed by atoms with van der Waals surface area (Å²) in [4.78, 5) is 4.55. The molecule has 1 heterocycles. The predicted octanol–water partition coefficient (Wildman–Crippen LogP) is 4.36. The maximum Gasteiger partial charge on any atom is 0.173 e. The van der Waals surface area contributed by atoms with Gasteiger partial charge in [0, 0.05) is 38.4 Å². The van der Waals surface area contributed by atoms with Gasteiger partial charge in [-0.25, -0.2) is 4.39 Å². The van der Waals surface area contributed by atoms with Gasteiger partial charge in [0.05, 0.1) is 13.2 Å². The van der Waals surface area contributed by atoms with Crippen molar-refractivity contribution in [3.63, 3.8) is 0 Å². The molecule has 3 rings (SSSR count). The van der Waals surface area contributed by atoms with Crippen LogP contribution in [0, 0.1) is 19.7 Å². The summed E-state index contributed by atoms with van der Waals surface area (Å²) in [5, 5.41) is 4.06. The third-order valence-corrected chi connectivity index (χ3v) is 5.54. The van der Waals surface area contributed by atoms with Crippen molar-refractivity contribution < 1.29 is 9.13 Å². The highest BCUT2D eigenvalue weighted by Gasteiger charge is 2.14. The van der Waals surface area contributed by atoms with Crippen molar-refractivity contribution in [2.45, 2.75) is 26.8 Å². The van der Waals surface area contributed by atoms with E-state index in [2.05, 4.69) is 47.2 Å². The predicted molar refractivity (Wildman–Crippen MR) is 121 cm³/mol. The van der Waals surface area contributed by atoms with Crippen molar-refractivity contribution in [1.29, 1.82) is 0 Å². The first-order valence-corrected chi connectivity index (χ1v) is 10.6. The summed E-state index contributed by atoms with van der Waals surface area (Å²) in [5.41, 5.74) is 4.31. The van der Waals surface area contributed by atoms with Crippen LogP contribution in [0.4, 0.5) is 10.1 Å². The van der Waals surface area contributed by atoms with E-state index in [0.29, 0.717) is 11.7 Å². The molecule has 4 nitrogen and oxygen atoms in total. The van der Waals surface area contributed by atoms with E-state index in [1.807, 2.05) is 6.07 Å². The molecular formula is C23H30FN3OS. The Kier molecular flexibility index (Phi) is 7.98. The second-order valence-corrected chi connectivity index (χ2v) is 7.99. The van der Waals surface area contributed by atoms with E-state index in [4.69, 9.17) is 17.0 Å². The number of thiocarbonyl (C=S) groups is 1. The number of halogens is 1. The minimum Gasteiger partial charge on any atom is -0.379 e. The molecule has 1 fully saturated rings. The van der Waals surface area contributed by atoms with Crippen LogP contribution in [0.15, 0.2) is 42.5 Å². The lowest BCUT2D eigenvalue weighted by Crippen LogP contribution is -2.40. The van der Waals surface area contributed by atoms with E-state index >= 15 is 0 Å². The van der Waals surface area contributed by atoms with Gasteiger partial charge >= 0.3 is 0 Å². The summed E-state index contributed by atoms with van der Waals surface area (Å²) in [7, 11) is 0. The quantitative estimate of drug-likeness (QED) is 0.678. The Bertz CT molecular complexity index is 824. The standard InChI is InChI=1S/C23H30FN3OS/c1-18-7-8-22(19(2)15-18)25-23(29)27(17-20-5-3-6-21(24)16-20)10-4-9-26-11-13-28-14-12-26/h3,5-8,15-16H,4,9-14,17H2,1-2H3,(H,25,29). The molecule has 0 unspecified atom stereocenters. The first-order chi connectivity index (χ1) is 14.0. The summed E-state index contributed by atoms with van der Waals surface area (Å²) >= 11 is 5.74. The van der Waals surface area contributed by atoms with Crippen molar-refractivity contribution in [1.82, 2.24) is 9.80 Å². The van der Waals surface area contributed by atoms with Crippen LogP contribution in [0.25, 0.3) is 0 Å². The maximum absolute atomic E-state index is 13.7. The first kappa shape index (κ1) is 21.7. The number of aryl methyl sites for hydroxylation is 2. The molecular weight excluding hydrogens is 385 g/mol. The average molecular weight is 416 g/mol. The SMILES string of the molecule is Cc1ccc(NC(=S)N(CCCN2CCOCC2)Cc2cccc(F)c2)c(C)c1. The maximum atomic E-state index is 13.7. The van der Waals surface area contributed by atoms with E-state index in [0.717, 1.165) is 62.6 Å². The number of nitrogens with zero attached hydrogens (tertiary/aromatic N) is 2. The molecule has 0 radical (unpaired) electrons. The van der Waals surface area contributed by atoms with Crippen molar-refractivity contribution in [3.05, 3.63) is 65.0 Å². The van der Waals surface area contributed by atoms with Gasteiger partial charge in [0.15, 0.2) is 5.11 Å². The molecule has 0 aromatic heterocycles. The van der Waals surface area contributed by atoms with E-state index in [9.17, 15) is 4.39 Å². The van der Waals surface area contributed by atoms with Crippen LogP contribution in [-0.2, 0) is 11.3 Å². The van der Waals surface area contributed by atoms with Gasteiger partial charge in [-0.3, -0.25) is 4.90 Å². The Morgan fingerprint density at radius 2 is 1.97 bits per heavy atom. The highest BCUT2D eigenvalue weighted by Crippen LogP contribution is 2.18. The van der Waals surface area contributed by atoms with Crippen molar-refractivity contribution >= 4 is 23.0 Å². The smallest absolute Gasteiger partial charge is 0.173 e. The molecule has 1 aliphatic heterocycles. The van der Waals surface area contributed by atoms with Gasteiger partial charge in [-0.2, -0.15) is 0 Å². The van der Waals surface area contributed by atoms with Crippen molar-refractivity contribution in [2.24, 2.45) is 0 Å². The molecule has 6 heteroatoms. The fourth-order valence-electron chi connectivity index (χ4n) is 3.57. The Labute approximate surface area is 178 Å². The third-order valence-electron chi connectivity index (χ3n) is 5.18. The number of rotatable bonds is 7. The van der Waals surface area contributed by atoms with Gasteiger partial charge in [-0.05, 0) is 61.8 Å². The number of hydrogen-bond acceptors (Lipinski definition) is 3. The fraction of sp³-hybridized carbons (Fsp3) is 0.435. The van der Waals surface area contributed by atoms with Crippen LogP contribution in [0.1, 0.15) is 23.1 Å². The van der Waals surface area contributed by atoms with Crippen LogP contribution in [0.2, 0.25) is 0 Å². The molecule has 1 N–H and O–H groups in total. The summed E-state index contributed by atoms with van der Waals surface area (Å²) in [6.45, 7) is 10.1. The molecule has 29 heavy (non-hydrogen) atoms. The minimum atomic E-state index is -0.218. The Hall–Kier alpha value is -2.02. The van der Waals surface area contributed by atoms with Gasteiger partial charge in [0.1, 0.15) is 5.82 Å². The van der Waals surface area contributed by atoms with Crippen molar-refractivity contribution in [2.75, 3.05) is 44.7 Å².